The topological polar surface area (TPSA) is 33.0 Å². The van der Waals surface area contributed by atoms with E-state index in [9.17, 15) is 5.26 Å². The van der Waals surface area contributed by atoms with Gasteiger partial charge in [-0.15, -0.1) is 0 Å². The molecule has 1 saturated carbocycles. The predicted molar refractivity (Wildman–Crippen MR) is 121 cm³/mol. The van der Waals surface area contributed by atoms with Gasteiger partial charge in [-0.05, 0) is 79.2 Å². The molecule has 2 aromatic carbocycles. The van der Waals surface area contributed by atoms with E-state index in [1.807, 2.05) is 0 Å². The van der Waals surface area contributed by atoms with Crippen LogP contribution in [0.3, 0.4) is 0 Å². The van der Waals surface area contributed by atoms with Crippen LogP contribution in [0.4, 0.5) is 0 Å². The van der Waals surface area contributed by atoms with Crippen LogP contribution in [-0.2, 0) is 0 Å². The van der Waals surface area contributed by atoms with Crippen LogP contribution in [0.15, 0.2) is 48.5 Å². The van der Waals surface area contributed by atoms with Crippen molar-refractivity contribution in [1.29, 1.82) is 5.26 Å². The van der Waals surface area contributed by atoms with E-state index in [-0.39, 0.29) is 5.41 Å². The fourth-order valence-electron chi connectivity index (χ4n) is 4.59. The third-order valence-corrected chi connectivity index (χ3v) is 6.66. The van der Waals surface area contributed by atoms with Gasteiger partial charge in [0.15, 0.2) is 0 Å². The van der Waals surface area contributed by atoms with E-state index in [1.54, 1.807) is 0 Å². The molecule has 1 atom stereocenters. The lowest BCUT2D eigenvalue weighted by molar-refractivity contribution is 0.198. The largest absolute Gasteiger partial charge is 0.494 e. The molecule has 0 saturated heterocycles. The van der Waals surface area contributed by atoms with Crippen LogP contribution >= 0.6 is 0 Å². The minimum absolute atomic E-state index is 0.0898. The molecule has 1 fully saturated rings. The molecule has 0 bridgehead atoms. The Morgan fingerprint density at radius 1 is 1.00 bits per heavy atom. The van der Waals surface area contributed by atoms with E-state index in [2.05, 4.69) is 75.4 Å². The first-order valence-corrected chi connectivity index (χ1v) is 11.3. The van der Waals surface area contributed by atoms with Gasteiger partial charge in [0, 0.05) is 0 Å². The minimum atomic E-state index is -0.0898. The summed E-state index contributed by atoms with van der Waals surface area (Å²) in [6, 6.07) is 20.1. The molecule has 0 spiro atoms. The number of nitriles is 1. The highest BCUT2D eigenvalue weighted by Gasteiger charge is 2.36. The molecule has 3 rings (SSSR count). The van der Waals surface area contributed by atoms with Crippen LogP contribution in [0.25, 0.3) is 11.1 Å². The fourth-order valence-corrected chi connectivity index (χ4v) is 4.59. The lowest BCUT2D eigenvalue weighted by Crippen LogP contribution is -2.27. The van der Waals surface area contributed by atoms with Gasteiger partial charge in [-0.25, -0.2) is 0 Å². The number of hydrogen-bond donors (Lipinski definition) is 0. The zero-order valence-electron chi connectivity index (χ0n) is 18.3. The first kappa shape index (κ1) is 21.4. The maximum atomic E-state index is 9.81. The molecule has 1 aliphatic rings. The zero-order valence-corrected chi connectivity index (χ0v) is 18.3. The van der Waals surface area contributed by atoms with Crippen molar-refractivity contribution in [2.75, 3.05) is 6.61 Å². The zero-order chi connectivity index (χ0) is 20.7. The van der Waals surface area contributed by atoms with E-state index in [4.69, 9.17) is 4.74 Å². The number of benzene rings is 2. The smallest absolute Gasteiger partial charge is 0.119 e. The Kier molecular flexibility index (Phi) is 7.37. The molecule has 29 heavy (non-hydrogen) atoms. The normalized spacial score (nSPS) is 22.6. The molecule has 0 amide bonds. The molecule has 1 unspecified atom stereocenters. The van der Waals surface area contributed by atoms with Gasteiger partial charge >= 0.3 is 0 Å². The summed E-state index contributed by atoms with van der Waals surface area (Å²) in [5.74, 6) is 2.17. The van der Waals surface area contributed by atoms with Crippen molar-refractivity contribution in [3.8, 4) is 22.9 Å². The second-order valence-corrected chi connectivity index (χ2v) is 8.88. The molecule has 1 aliphatic carbocycles. The van der Waals surface area contributed by atoms with Crippen LogP contribution in [0.2, 0.25) is 0 Å². The Labute approximate surface area is 176 Å². The molecular formula is C27H35NO. The summed E-state index contributed by atoms with van der Waals surface area (Å²) in [7, 11) is 0. The number of nitrogens with zero attached hydrogens (tertiary/aromatic N) is 1. The first-order valence-electron chi connectivity index (χ1n) is 11.3. The fraction of sp³-hybridized carbons (Fsp3) is 0.519. The van der Waals surface area contributed by atoms with Crippen LogP contribution in [0.5, 0.6) is 5.75 Å². The molecule has 2 nitrogen and oxygen atoms in total. The van der Waals surface area contributed by atoms with Gasteiger partial charge < -0.3 is 4.74 Å². The van der Waals surface area contributed by atoms with Gasteiger partial charge in [-0.2, -0.15) is 5.26 Å². The van der Waals surface area contributed by atoms with Gasteiger partial charge in [0.1, 0.15) is 5.75 Å². The standard InChI is InChI=1S/C27H35NO/c1-4-18-29-26-12-10-24(11-13-26)22-6-8-23(9-7-22)25-14-16-27(20-28,17-15-25)19-21(3)5-2/h6-13,21,25H,4-5,14-19H2,1-3H3. The van der Waals surface area contributed by atoms with Gasteiger partial charge in [0.05, 0.1) is 18.1 Å². The Morgan fingerprint density at radius 2 is 1.59 bits per heavy atom. The second kappa shape index (κ2) is 9.97. The van der Waals surface area contributed by atoms with Crippen LogP contribution in [0, 0.1) is 22.7 Å². The molecule has 0 radical (unpaired) electrons. The van der Waals surface area contributed by atoms with Gasteiger partial charge in [-0.1, -0.05) is 63.6 Å². The van der Waals surface area contributed by atoms with E-state index in [0.29, 0.717) is 11.8 Å². The average molecular weight is 390 g/mol. The second-order valence-electron chi connectivity index (χ2n) is 8.88. The SMILES string of the molecule is CCCOc1ccc(-c2ccc(C3CCC(C#N)(CC(C)CC)CC3)cc2)cc1. The van der Waals surface area contributed by atoms with Crippen molar-refractivity contribution in [1.82, 2.24) is 0 Å². The summed E-state index contributed by atoms with van der Waals surface area (Å²) in [5.41, 5.74) is 3.80. The maximum absolute atomic E-state index is 9.81. The van der Waals surface area contributed by atoms with Crippen molar-refractivity contribution < 1.29 is 4.74 Å². The van der Waals surface area contributed by atoms with Gasteiger partial charge in [0.25, 0.3) is 0 Å². The monoisotopic (exact) mass is 389 g/mol. The Bertz CT molecular complexity index is 792. The van der Waals surface area contributed by atoms with Crippen molar-refractivity contribution in [3.05, 3.63) is 54.1 Å². The number of hydrogen-bond acceptors (Lipinski definition) is 2. The maximum Gasteiger partial charge on any atom is 0.119 e. The molecular weight excluding hydrogens is 354 g/mol. The molecule has 2 aromatic rings. The Hall–Kier alpha value is -2.27. The summed E-state index contributed by atoms with van der Waals surface area (Å²) in [6.07, 6.45) is 7.60. The molecule has 0 aliphatic heterocycles. The van der Waals surface area contributed by atoms with Gasteiger partial charge in [0.2, 0.25) is 0 Å². The minimum Gasteiger partial charge on any atom is -0.494 e. The van der Waals surface area contributed by atoms with E-state index in [1.165, 1.54) is 23.1 Å². The number of rotatable bonds is 8. The lowest BCUT2D eigenvalue weighted by Gasteiger charge is -2.36. The third-order valence-electron chi connectivity index (χ3n) is 6.66. The number of ether oxygens (including phenoxy) is 1. The summed E-state index contributed by atoms with van der Waals surface area (Å²) < 4.78 is 5.68. The Morgan fingerprint density at radius 3 is 2.10 bits per heavy atom. The highest BCUT2D eigenvalue weighted by molar-refractivity contribution is 5.64. The Balaban J connectivity index is 1.62. The lowest BCUT2D eigenvalue weighted by atomic mass is 9.66. The molecule has 0 heterocycles. The molecule has 0 N–H and O–H groups in total. The van der Waals surface area contributed by atoms with Crippen molar-refractivity contribution >= 4 is 0 Å². The third kappa shape index (κ3) is 5.41. The molecule has 2 heteroatoms. The van der Waals surface area contributed by atoms with Crippen molar-refractivity contribution in [2.24, 2.45) is 11.3 Å². The summed E-state index contributed by atoms with van der Waals surface area (Å²) in [4.78, 5) is 0. The molecule has 0 aromatic heterocycles. The van der Waals surface area contributed by atoms with Crippen LogP contribution in [-0.4, -0.2) is 6.61 Å². The van der Waals surface area contributed by atoms with E-state index in [0.717, 1.165) is 50.9 Å². The molecule has 154 valence electrons. The quantitative estimate of drug-likeness (QED) is 0.462. The predicted octanol–water partition coefficient (Wildman–Crippen LogP) is 7.75. The van der Waals surface area contributed by atoms with E-state index >= 15 is 0 Å². The van der Waals surface area contributed by atoms with Gasteiger partial charge in [-0.3, -0.25) is 0 Å². The highest BCUT2D eigenvalue weighted by atomic mass is 16.5. The summed E-state index contributed by atoms with van der Waals surface area (Å²) in [6.45, 7) is 7.40. The highest BCUT2D eigenvalue weighted by Crippen LogP contribution is 2.46. The summed E-state index contributed by atoms with van der Waals surface area (Å²) in [5, 5.41) is 9.81. The van der Waals surface area contributed by atoms with Crippen molar-refractivity contribution in [3.63, 3.8) is 0 Å². The summed E-state index contributed by atoms with van der Waals surface area (Å²) >= 11 is 0. The average Bonchev–Trinajstić information content (AvgIpc) is 2.78. The van der Waals surface area contributed by atoms with Crippen LogP contribution in [0.1, 0.15) is 77.2 Å². The first-order chi connectivity index (χ1) is 14.1. The van der Waals surface area contributed by atoms with Crippen molar-refractivity contribution in [2.45, 2.75) is 71.6 Å². The van der Waals surface area contributed by atoms with E-state index < -0.39 is 0 Å². The van der Waals surface area contributed by atoms with Crippen LogP contribution < -0.4 is 4.74 Å².